The molecule has 176 valence electrons. The lowest BCUT2D eigenvalue weighted by atomic mass is 10.1. The normalized spacial score (nSPS) is 11.2. The van der Waals surface area contributed by atoms with Gasteiger partial charge in [0.2, 0.25) is 0 Å². The summed E-state index contributed by atoms with van der Waals surface area (Å²) in [6.45, 7) is 2.55. The molecule has 0 spiro atoms. The Morgan fingerprint density at radius 2 is 1.66 bits per heavy atom. The first kappa shape index (κ1) is 22.7. The molecule has 0 atom stereocenters. The van der Waals surface area contributed by atoms with Crippen molar-refractivity contribution in [2.75, 3.05) is 7.11 Å². The molecule has 8 heteroatoms. The maximum Gasteiger partial charge on any atom is 0.337 e. The summed E-state index contributed by atoms with van der Waals surface area (Å²) < 4.78 is 9.77. The van der Waals surface area contributed by atoms with Gasteiger partial charge in [0.1, 0.15) is 5.75 Å². The second-order valence-electron chi connectivity index (χ2n) is 8.37. The van der Waals surface area contributed by atoms with Crippen LogP contribution in [0.1, 0.15) is 16.7 Å². The number of nitrogens with zero attached hydrogens (tertiary/aromatic N) is 4. The minimum Gasteiger partial charge on any atom is -0.497 e. The van der Waals surface area contributed by atoms with Crippen LogP contribution in [-0.4, -0.2) is 25.8 Å². The maximum atomic E-state index is 13.7. The summed E-state index contributed by atoms with van der Waals surface area (Å²) >= 11 is 6.24. The summed E-state index contributed by atoms with van der Waals surface area (Å²) in [7, 11) is 1.58. The fourth-order valence-electron chi connectivity index (χ4n) is 4.25. The van der Waals surface area contributed by atoms with Gasteiger partial charge in [0.15, 0.2) is 11.2 Å². The number of imidazole rings is 1. The molecule has 0 saturated carbocycles. The van der Waals surface area contributed by atoms with Crippen molar-refractivity contribution in [2.24, 2.45) is 0 Å². The van der Waals surface area contributed by atoms with Gasteiger partial charge in [-0.25, -0.2) is 14.3 Å². The number of hydrogen-bond acceptors (Lipinski definition) is 4. The van der Waals surface area contributed by atoms with Gasteiger partial charge in [0, 0.05) is 11.6 Å². The summed E-state index contributed by atoms with van der Waals surface area (Å²) in [5.41, 5.74) is 3.19. The van der Waals surface area contributed by atoms with Gasteiger partial charge in [0.25, 0.3) is 5.56 Å². The third-order valence-corrected chi connectivity index (χ3v) is 6.11. The first-order valence-corrected chi connectivity index (χ1v) is 11.5. The Morgan fingerprint density at radius 3 is 2.40 bits per heavy atom. The Bertz CT molecular complexity index is 1670. The van der Waals surface area contributed by atoms with Crippen LogP contribution in [0.3, 0.4) is 0 Å². The van der Waals surface area contributed by atoms with E-state index < -0.39 is 11.2 Å². The van der Waals surface area contributed by atoms with Crippen molar-refractivity contribution in [3.05, 3.63) is 122 Å². The molecule has 0 aliphatic rings. The van der Waals surface area contributed by atoms with E-state index in [9.17, 15) is 9.59 Å². The number of rotatable bonds is 6. The largest absolute Gasteiger partial charge is 0.497 e. The molecule has 0 fully saturated rings. The fourth-order valence-corrected chi connectivity index (χ4v) is 4.43. The summed E-state index contributed by atoms with van der Waals surface area (Å²) in [5, 5.41) is 0.479. The second-order valence-corrected chi connectivity index (χ2v) is 8.81. The Kier molecular flexibility index (Phi) is 6.01. The lowest BCUT2D eigenvalue weighted by molar-refractivity contribution is 0.414. The number of halogens is 1. The number of aromatic nitrogens is 4. The quantitative estimate of drug-likeness (QED) is 0.356. The molecule has 7 nitrogen and oxygen atoms in total. The molecule has 2 aromatic heterocycles. The third kappa shape index (κ3) is 4.38. The molecule has 35 heavy (non-hydrogen) atoms. The first-order valence-electron chi connectivity index (χ1n) is 11.1. The number of aryl methyl sites for hydroxylation is 1. The molecule has 0 unspecified atom stereocenters. The average molecular weight is 487 g/mol. The van der Waals surface area contributed by atoms with Crippen LogP contribution in [0, 0.1) is 6.92 Å². The van der Waals surface area contributed by atoms with E-state index in [0.717, 1.165) is 16.7 Å². The van der Waals surface area contributed by atoms with Crippen molar-refractivity contribution in [2.45, 2.75) is 20.0 Å². The summed E-state index contributed by atoms with van der Waals surface area (Å²) in [6, 6.07) is 22.3. The number of fused-ring (bicyclic) bond motifs is 1. The van der Waals surface area contributed by atoms with Crippen LogP contribution in [0.4, 0.5) is 0 Å². The van der Waals surface area contributed by atoms with E-state index in [1.807, 2.05) is 49.4 Å². The summed E-state index contributed by atoms with van der Waals surface area (Å²) in [6.07, 6.45) is 1.60. The monoisotopic (exact) mass is 486 g/mol. The van der Waals surface area contributed by atoms with Gasteiger partial charge < -0.3 is 9.30 Å². The van der Waals surface area contributed by atoms with Gasteiger partial charge in [-0.05, 0) is 48.4 Å². The molecule has 0 saturated heterocycles. The van der Waals surface area contributed by atoms with Gasteiger partial charge >= 0.3 is 5.69 Å². The smallest absolute Gasteiger partial charge is 0.337 e. The first-order chi connectivity index (χ1) is 16.9. The highest BCUT2D eigenvalue weighted by Gasteiger charge is 2.20. The Hall–Kier alpha value is -4.10. The molecule has 3 aromatic carbocycles. The molecule has 5 rings (SSSR count). The number of benzene rings is 3. The lowest BCUT2D eigenvalue weighted by Crippen LogP contribution is -2.40. The Balaban J connectivity index is 1.75. The predicted octanol–water partition coefficient (Wildman–Crippen LogP) is 4.42. The van der Waals surface area contributed by atoms with E-state index in [0.29, 0.717) is 28.5 Å². The average Bonchev–Trinajstić information content (AvgIpc) is 3.25. The molecule has 2 heterocycles. The molecule has 0 radical (unpaired) electrons. The van der Waals surface area contributed by atoms with Crippen LogP contribution in [0.15, 0.2) is 88.7 Å². The SMILES string of the molecule is COc1cccc(Cn2c(=O)c3c(ncn3Cc3cccc(C)c3)n(-c3cccc(Cl)c3)c2=O)c1. The van der Waals surface area contributed by atoms with Crippen molar-refractivity contribution in [1.82, 2.24) is 18.7 Å². The van der Waals surface area contributed by atoms with Crippen molar-refractivity contribution in [1.29, 1.82) is 0 Å². The zero-order chi connectivity index (χ0) is 24.5. The van der Waals surface area contributed by atoms with Crippen LogP contribution >= 0.6 is 11.6 Å². The molecular weight excluding hydrogens is 464 g/mol. The zero-order valence-electron chi connectivity index (χ0n) is 19.3. The predicted molar refractivity (Wildman–Crippen MR) is 137 cm³/mol. The Morgan fingerprint density at radius 1 is 0.914 bits per heavy atom. The van der Waals surface area contributed by atoms with Crippen molar-refractivity contribution in [3.63, 3.8) is 0 Å². The van der Waals surface area contributed by atoms with Crippen molar-refractivity contribution in [3.8, 4) is 11.4 Å². The number of ether oxygens (including phenoxy) is 1. The van der Waals surface area contributed by atoms with Gasteiger partial charge in [-0.15, -0.1) is 0 Å². The minimum absolute atomic E-state index is 0.0843. The van der Waals surface area contributed by atoms with E-state index in [-0.39, 0.29) is 12.2 Å². The number of methoxy groups -OCH3 is 1. The van der Waals surface area contributed by atoms with Gasteiger partial charge in [-0.1, -0.05) is 59.6 Å². The second kappa shape index (κ2) is 9.27. The van der Waals surface area contributed by atoms with Crippen LogP contribution in [0.2, 0.25) is 5.02 Å². The van der Waals surface area contributed by atoms with Crippen LogP contribution in [0.5, 0.6) is 5.75 Å². The minimum atomic E-state index is -0.492. The Labute approximate surface area is 206 Å². The zero-order valence-corrected chi connectivity index (χ0v) is 20.1. The molecule has 0 amide bonds. The molecular formula is C27H23ClN4O3. The van der Waals surface area contributed by atoms with E-state index >= 15 is 0 Å². The van der Waals surface area contributed by atoms with Crippen LogP contribution in [0.25, 0.3) is 16.9 Å². The number of hydrogen-bond donors (Lipinski definition) is 0. The fraction of sp³-hybridized carbons (Fsp3) is 0.148. The topological polar surface area (TPSA) is 71.1 Å². The highest BCUT2D eigenvalue weighted by atomic mass is 35.5. The molecule has 0 N–H and O–H groups in total. The summed E-state index contributed by atoms with van der Waals surface area (Å²) in [5.74, 6) is 0.649. The van der Waals surface area contributed by atoms with E-state index in [2.05, 4.69) is 11.1 Å². The highest BCUT2D eigenvalue weighted by molar-refractivity contribution is 6.30. The van der Waals surface area contributed by atoms with Gasteiger partial charge in [-0.2, -0.15) is 0 Å². The molecule has 0 bridgehead atoms. The van der Waals surface area contributed by atoms with Crippen LogP contribution < -0.4 is 16.0 Å². The van der Waals surface area contributed by atoms with Crippen LogP contribution in [-0.2, 0) is 13.1 Å². The molecule has 0 aliphatic carbocycles. The highest BCUT2D eigenvalue weighted by Crippen LogP contribution is 2.19. The maximum absolute atomic E-state index is 13.7. The van der Waals surface area contributed by atoms with E-state index in [1.165, 1.54) is 9.13 Å². The van der Waals surface area contributed by atoms with E-state index in [4.69, 9.17) is 16.3 Å². The van der Waals surface area contributed by atoms with Crippen molar-refractivity contribution < 1.29 is 4.74 Å². The third-order valence-electron chi connectivity index (χ3n) is 5.88. The lowest BCUT2D eigenvalue weighted by Gasteiger charge is -2.14. The van der Waals surface area contributed by atoms with Gasteiger partial charge in [-0.3, -0.25) is 9.36 Å². The standard InChI is InChI=1S/C27H23ClN4O3/c1-18-6-3-7-19(12-18)15-30-17-29-25-24(30)26(33)31(16-20-8-4-11-23(13-20)35-2)27(34)32(25)22-10-5-9-21(28)14-22/h3-14,17H,15-16H2,1-2H3. The summed E-state index contributed by atoms with van der Waals surface area (Å²) in [4.78, 5) is 31.9. The molecule has 5 aromatic rings. The molecule has 0 aliphatic heterocycles. The van der Waals surface area contributed by atoms with E-state index in [1.54, 1.807) is 42.3 Å². The van der Waals surface area contributed by atoms with Crippen molar-refractivity contribution >= 4 is 22.8 Å². The van der Waals surface area contributed by atoms with Gasteiger partial charge in [0.05, 0.1) is 25.7 Å².